The fraction of sp³-hybridized carbons (Fsp3) is 0.455. The molecular formula is C11H16ClN3O2. The Labute approximate surface area is 105 Å². The van der Waals surface area contributed by atoms with Crippen LogP contribution < -0.4 is 15.7 Å². The summed E-state index contributed by atoms with van der Waals surface area (Å²) in [5.41, 5.74) is 2.70. The molecule has 0 aliphatic carbocycles. The Bertz CT molecular complexity index is 370. The topological polar surface area (TPSA) is 64.2 Å². The first-order chi connectivity index (χ1) is 8.31. The predicted molar refractivity (Wildman–Crippen MR) is 68.3 cm³/mol. The average molecular weight is 258 g/mol. The van der Waals surface area contributed by atoms with Crippen molar-refractivity contribution in [3.63, 3.8) is 0 Å². The van der Waals surface area contributed by atoms with Crippen LogP contribution in [0.4, 0.5) is 11.4 Å². The molecule has 0 aromatic heterocycles. The molecule has 0 saturated carbocycles. The molecule has 0 radical (unpaired) electrons. The van der Waals surface area contributed by atoms with Crippen molar-refractivity contribution in [3.8, 4) is 0 Å². The number of ether oxygens (including phenoxy) is 1. The summed E-state index contributed by atoms with van der Waals surface area (Å²) in [6.45, 7) is 3.50. The van der Waals surface area contributed by atoms with Crippen molar-refractivity contribution >= 4 is 23.0 Å². The first-order valence-electron chi connectivity index (χ1n) is 5.61. The van der Waals surface area contributed by atoms with Gasteiger partial charge in [-0.15, -0.1) is 0 Å². The second-order valence-electron chi connectivity index (χ2n) is 3.81. The molecule has 6 heteroatoms. The van der Waals surface area contributed by atoms with Crippen LogP contribution in [0.15, 0.2) is 18.2 Å². The zero-order chi connectivity index (χ0) is 12.1. The summed E-state index contributed by atoms with van der Waals surface area (Å²) in [7, 11) is 0. The highest BCUT2D eigenvalue weighted by Gasteiger charge is 2.14. The number of morpholine rings is 1. The average Bonchev–Trinajstić information content (AvgIpc) is 2.37. The van der Waals surface area contributed by atoms with Gasteiger partial charge in [0.15, 0.2) is 0 Å². The maximum absolute atomic E-state index is 10.3. The van der Waals surface area contributed by atoms with Gasteiger partial charge in [-0.25, -0.2) is 0 Å². The molecule has 0 bridgehead atoms. The maximum Gasteiger partial charge on any atom is 0.148 e. The van der Waals surface area contributed by atoms with Crippen LogP contribution in [0.2, 0.25) is 5.02 Å². The van der Waals surface area contributed by atoms with Gasteiger partial charge in [0, 0.05) is 18.8 Å². The molecule has 1 aliphatic rings. The number of nitrogens with zero attached hydrogens (tertiary/aromatic N) is 1. The molecule has 5 nitrogen and oxygen atoms in total. The van der Waals surface area contributed by atoms with E-state index in [1.54, 1.807) is 0 Å². The number of quaternary nitrogens is 1. The monoisotopic (exact) mass is 257 g/mol. The van der Waals surface area contributed by atoms with Crippen LogP contribution in [0.25, 0.3) is 0 Å². The summed E-state index contributed by atoms with van der Waals surface area (Å²) in [4.78, 5) is 2.20. The second kappa shape index (κ2) is 6.07. The molecule has 1 fully saturated rings. The van der Waals surface area contributed by atoms with Crippen LogP contribution >= 0.6 is 11.6 Å². The molecule has 3 N–H and O–H groups in total. The van der Waals surface area contributed by atoms with Gasteiger partial charge >= 0.3 is 0 Å². The van der Waals surface area contributed by atoms with Gasteiger partial charge < -0.3 is 25.6 Å². The third-order valence-corrected chi connectivity index (χ3v) is 2.99. The van der Waals surface area contributed by atoms with Crippen LogP contribution in [0.1, 0.15) is 0 Å². The predicted octanol–water partition coefficient (Wildman–Crippen LogP) is 0.607. The molecule has 1 aromatic rings. The molecule has 1 heterocycles. The Morgan fingerprint density at radius 2 is 2.18 bits per heavy atom. The highest BCUT2D eigenvalue weighted by molar-refractivity contribution is 6.33. The molecule has 0 unspecified atom stereocenters. The lowest BCUT2D eigenvalue weighted by molar-refractivity contribution is -0.582. The highest BCUT2D eigenvalue weighted by Crippen LogP contribution is 2.29. The minimum absolute atomic E-state index is 0.299. The number of anilines is 2. The van der Waals surface area contributed by atoms with Gasteiger partial charge in [-0.3, -0.25) is 0 Å². The second-order valence-corrected chi connectivity index (χ2v) is 4.22. The van der Waals surface area contributed by atoms with Crippen molar-refractivity contribution < 1.29 is 10.2 Å². The van der Waals surface area contributed by atoms with Gasteiger partial charge in [0.2, 0.25) is 0 Å². The van der Waals surface area contributed by atoms with E-state index >= 15 is 0 Å². The number of nitrogens with two attached hydrogens (primary N) is 1. The van der Waals surface area contributed by atoms with E-state index in [4.69, 9.17) is 16.3 Å². The Hall–Kier alpha value is -1.01. The Kier molecular flexibility index (Phi) is 4.44. The van der Waals surface area contributed by atoms with Crippen LogP contribution in [0.3, 0.4) is 0 Å². The normalized spacial score (nSPS) is 16.0. The molecular weight excluding hydrogens is 242 g/mol. The lowest BCUT2D eigenvalue weighted by Gasteiger charge is -2.29. The zero-order valence-corrected chi connectivity index (χ0v) is 10.2. The number of benzene rings is 1. The van der Waals surface area contributed by atoms with Gasteiger partial charge in [-0.2, -0.15) is 0 Å². The number of hydroxylamine groups is 1. The SMILES string of the molecule is [O-][NH2+]CNc1ccc(N2CCOCC2)c(Cl)c1. The van der Waals surface area contributed by atoms with Gasteiger partial charge in [-0.1, -0.05) is 11.6 Å². The highest BCUT2D eigenvalue weighted by atomic mass is 35.5. The molecule has 2 rings (SSSR count). The quantitative estimate of drug-likeness (QED) is 0.613. The number of rotatable bonds is 4. The lowest BCUT2D eigenvalue weighted by Crippen LogP contribution is -2.79. The Balaban J connectivity index is 2.07. The van der Waals surface area contributed by atoms with Crippen molar-refractivity contribution in [2.45, 2.75) is 0 Å². The fourth-order valence-electron chi connectivity index (χ4n) is 1.84. The van der Waals surface area contributed by atoms with Gasteiger partial charge in [0.1, 0.15) is 6.67 Å². The maximum atomic E-state index is 10.3. The third-order valence-electron chi connectivity index (χ3n) is 2.69. The summed E-state index contributed by atoms with van der Waals surface area (Å²) < 4.78 is 5.30. The third kappa shape index (κ3) is 3.23. The van der Waals surface area contributed by atoms with E-state index in [2.05, 4.69) is 10.2 Å². The standard InChI is InChI=1S/C11H16ClN3O2/c12-10-7-9(13-8-14-16)1-2-11(10)15-3-5-17-6-4-15/h1-2,7,13H,3-6,8,14H2. The first kappa shape index (κ1) is 12.4. The minimum Gasteiger partial charge on any atom is -0.634 e. The summed E-state index contributed by atoms with van der Waals surface area (Å²) in [6, 6.07) is 5.75. The molecule has 0 amide bonds. The summed E-state index contributed by atoms with van der Waals surface area (Å²) in [5.74, 6) is 0. The van der Waals surface area contributed by atoms with Gasteiger partial charge in [-0.05, 0) is 18.2 Å². The smallest absolute Gasteiger partial charge is 0.148 e. The van der Waals surface area contributed by atoms with Gasteiger partial charge in [0.05, 0.1) is 23.9 Å². The number of hydrogen-bond donors (Lipinski definition) is 2. The van der Waals surface area contributed by atoms with E-state index in [1.165, 1.54) is 0 Å². The van der Waals surface area contributed by atoms with E-state index in [1.807, 2.05) is 18.2 Å². The van der Waals surface area contributed by atoms with E-state index in [0.717, 1.165) is 43.2 Å². The van der Waals surface area contributed by atoms with Gasteiger partial charge in [0.25, 0.3) is 0 Å². The van der Waals surface area contributed by atoms with Crippen LogP contribution in [0.5, 0.6) is 0 Å². The zero-order valence-electron chi connectivity index (χ0n) is 9.49. The number of nitrogens with one attached hydrogen (secondary N) is 1. The van der Waals surface area contributed by atoms with Crippen molar-refractivity contribution in [1.29, 1.82) is 0 Å². The largest absolute Gasteiger partial charge is 0.634 e. The Morgan fingerprint density at radius 1 is 1.41 bits per heavy atom. The summed E-state index contributed by atoms with van der Waals surface area (Å²) in [6.07, 6.45) is 0. The molecule has 1 aromatic carbocycles. The molecule has 0 atom stereocenters. The van der Waals surface area contributed by atoms with Crippen molar-refractivity contribution in [2.75, 3.05) is 43.2 Å². The van der Waals surface area contributed by atoms with Crippen molar-refractivity contribution in [3.05, 3.63) is 28.4 Å². The van der Waals surface area contributed by atoms with E-state index < -0.39 is 0 Å². The van der Waals surface area contributed by atoms with E-state index in [-0.39, 0.29) is 0 Å². The van der Waals surface area contributed by atoms with E-state index in [0.29, 0.717) is 11.7 Å². The number of halogens is 1. The summed E-state index contributed by atoms with van der Waals surface area (Å²) >= 11 is 6.23. The van der Waals surface area contributed by atoms with E-state index in [9.17, 15) is 5.21 Å². The van der Waals surface area contributed by atoms with Crippen LogP contribution in [-0.2, 0) is 4.74 Å². The van der Waals surface area contributed by atoms with Crippen LogP contribution in [0, 0.1) is 5.21 Å². The Morgan fingerprint density at radius 3 is 2.82 bits per heavy atom. The molecule has 0 spiro atoms. The molecule has 17 heavy (non-hydrogen) atoms. The van der Waals surface area contributed by atoms with Crippen LogP contribution in [-0.4, -0.2) is 33.0 Å². The number of hydrogen-bond acceptors (Lipinski definition) is 4. The lowest BCUT2D eigenvalue weighted by atomic mass is 10.2. The minimum atomic E-state index is 0.299. The molecule has 1 saturated heterocycles. The first-order valence-corrected chi connectivity index (χ1v) is 5.99. The molecule has 1 aliphatic heterocycles. The van der Waals surface area contributed by atoms with Crippen molar-refractivity contribution in [1.82, 2.24) is 0 Å². The fourth-order valence-corrected chi connectivity index (χ4v) is 2.14. The molecule has 94 valence electrons. The summed E-state index contributed by atoms with van der Waals surface area (Å²) in [5, 5.41) is 13.9. The van der Waals surface area contributed by atoms with Crippen molar-refractivity contribution in [2.24, 2.45) is 0 Å².